The number of hydrogen-bond donors (Lipinski definition) is 2. The first-order chi connectivity index (χ1) is 8.95. The molecule has 0 saturated heterocycles. The molecule has 0 saturated carbocycles. The van der Waals surface area contributed by atoms with Gasteiger partial charge in [0.2, 0.25) is 5.91 Å². The van der Waals surface area contributed by atoms with Crippen LogP contribution < -0.4 is 10.6 Å². The van der Waals surface area contributed by atoms with E-state index in [4.69, 9.17) is 5.73 Å². The summed E-state index contributed by atoms with van der Waals surface area (Å²) in [4.78, 5) is 13.9. The van der Waals surface area contributed by atoms with Gasteiger partial charge in [0.15, 0.2) is 0 Å². The lowest BCUT2D eigenvalue weighted by Crippen LogP contribution is -2.31. The van der Waals surface area contributed by atoms with Crippen molar-refractivity contribution in [3.8, 4) is 5.75 Å². The third kappa shape index (κ3) is 4.56. The molecule has 0 spiro atoms. The van der Waals surface area contributed by atoms with E-state index in [0.29, 0.717) is 13.0 Å². The van der Waals surface area contributed by atoms with Crippen LogP contribution in [0.15, 0.2) is 18.2 Å². The van der Waals surface area contributed by atoms with Crippen LogP contribution in [0, 0.1) is 6.92 Å². The molecule has 1 aromatic carbocycles. The Balaban J connectivity index is 2.76. The maximum absolute atomic E-state index is 12.2. The summed E-state index contributed by atoms with van der Waals surface area (Å²) in [6, 6.07) is 5.23. The van der Waals surface area contributed by atoms with Gasteiger partial charge in [-0.3, -0.25) is 4.79 Å². The van der Waals surface area contributed by atoms with Crippen LogP contribution in [0.25, 0.3) is 0 Å². The van der Waals surface area contributed by atoms with Crippen molar-refractivity contribution in [2.75, 3.05) is 11.4 Å². The third-order valence-corrected chi connectivity index (χ3v) is 3.15. The Kier molecular flexibility index (Phi) is 5.83. The maximum Gasteiger partial charge on any atom is 0.226 e. The summed E-state index contributed by atoms with van der Waals surface area (Å²) in [5.74, 6) is 0.263. The van der Waals surface area contributed by atoms with Crippen molar-refractivity contribution in [3.63, 3.8) is 0 Å². The minimum Gasteiger partial charge on any atom is -0.508 e. The second-order valence-corrected chi connectivity index (χ2v) is 4.98. The Morgan fingerprint density at radius 1 is 1.47 bits per heavy atom. The first-order valence-electron chi connectivity index (χ1n) is 6.81. The topological polar surface area (TPSA) is 66.6 Å². The monoisotopic (exact) mass is 264 g/mol. The number of nitrogens with two attached hydrogens (primary N) is 1. The van der Waals surface area contributed by atoms with Gasteiger partial charge in [-0.05, 0) is 45.2 Å². The first-order valence-corrected chi connectivity index (χ1v) is 6.81. The zero-order valence-corrected chi connectivity index (χ0v) is 12.0. The summed E-state index contributed by atoms with van der Waals surface area (Å²) in [7, 11) is 0. The molecule has 1 amide bonds. The normalized spacial score (nSPS) is 12.2. The van der Waals surface area contributed by atoms with E-state index in [2.05, 4.69) is 0 Å². The molecule has 0 aliphatic heterocycles. The minimum absolute atomic E-state index is 0.0804. The van der Waals surface area contributed by atoms with Crippen molar-refractivity contribution in [1.82, 2.24) is 0 Å². The smallest absolute Gasteiger partial charge is 0.226 e. The highest BCUT2D eigenvalue weighted by Crippen LogP contribution is 2.25. The van der Waals surface area contributed by atoms with Crippen LogP contribution in [-0.4, -0.2) is 23.6 Å². The van der Waals surface area contributed by atoms with Gasteiger partial charge in [0.1, 0.15) is 5.75 Å². The van der Waals surface area contributed by atoms with Crippen LogP contribution in [0.1, 0.15) is 38.7 Å². The largest absolute Gasteiger partial charge is 0.508 e. The number of amides is 1. The summed E-state index contributed by atoms with van der Waals surface area (Å²) in [5.41, 5.74) is 7.46. The Morgan fingerprint density at radius 2 is 2.16 bits per heavy atom. The Morgan fingerprint density at radius 3 is 2.74 bits per heavy atom. The molecule has 1 unspecified atom stereocenters. The maximum atomic E-state index is 12.2. The zero-order valence-electron chi connectivity index (χ0n) is 12.0. The van der Waals surface area contributed by atoms with Crippen molar-refractivity contribution < 1.29 is 9.90 Å². The van der Waals surface area contributed by atoms with E-state index in [9.17, 15) is 9.90 Å². The summed E-state index contributed by atoms with van der Waals surface area (Å²) >= 11 is 0. The lowest BCUT2D eigenvalue weighted by Gasteiger charge is -2.23. The molecule has 19 heavy (non-hydrogen) atoms. The molecular weight excluding hydrogens is 240 g/mol. The van der Waals surface area contributed by atoms with Gasteiger partial charge >= 0.3 is 0 Å². The fourth-order valence-corrected chi connectivity index (χ4v) is 2.08. The van der Waals surface area contributed by atoms with Crippen LogP contribution in [-0.2, 0) is 4.79 Å². The first kappa shape index (κ1) is 15.5. The van der Waals surface area contributed by atoms with E-state index in [-0.39, 0.29) is 17.7 Å². The molecule has 0 radical (unpaired) electrons. The lowest BCUT2D eigenvalue weighted by atomic mass is 10.1. The average molecular weight is 264 g/mol. The van der Waals surface area contributed by atoms with E-state index in [1.165, 1.54) is 0 Å². The highest BCUT2D eigenvalue weighted by Gasteiger charge is 2.16. The molecule has 1 rings (SSSR count). The molecular formula is C15H24N2O2. The number of phenolic OH excluding ortho intramolecular Hbond substituents is 1. The second-order valence-electron chi connectivity index (χ2n) is 4.98. The number of rotatable bonds is 6. The molecule has 0 aromatic heterocycles. The molecule has 0 heterocycles. The highest BCUT2D eigenvalue weighted by atomic mass is 16.3. The van der Waals surface area contributed by atoms with Gasteiger partial charge in [0, 0.05) is 25.1 Å². The molecule has 3 N–H and O–H groups in total. The van der Waals surface area contributed by atoms with E-state index in [1.807, 2.05) is 26.8 Å². The van der Waals surface area contributed by atoms with Crippen LogP contribution in [0.3, 0.4) is 0 Å². The number of benzene rings is 1. The van der Waals surface area contributed by atoms with Gasteiger partial charge in [0.25, 0.3) is 0 Å². The predicted molar refractivity (Wildman–Crippen MR) is 78.4 cm³/mol. The number of carbonyl (C=O) groups excluding carboxylic acids is 1. The summed E-state index contributed by atoms with van der Waals surface area (Å²) < 4.78 is 0. The van der Waals surface area contributed by atoms with Crippen LogP contribution in [0.4, 0.5) is 5.69 Å². The van der Waals surface area contributed by atoms with Crippen molar-refractivity contribution in [2.24, 2.45) is 5.73 Å². The van der Waals surface area contributed by atoms with Gasteiger partial charge in [-0.1, -0.05) is 6.07 Å². The Hall–Kier alpha value is -1.55. The van der Waals surface area contributed by atoms with Gasteiger partial charge in [-0.2, -0.15) is 0 Å². The third-order valence-electron chi connectivity index (χ3n) is 3.15. The number of phenols is 1. The Labute approximate surface area is 115 Å². The van der Waals surface area contributed by atoms with Crippen molar-refractivity contribution >= 4 is 11.6 Å². The minimum atomic E-state index is 0.0804. The van der Waals surface area contributed by atoms with E-state index in [1.54, 1.807) is 17.0 Å². The average Bonchev–Trinajstić information content (AvgIpc) is 2.34. The van der Waals surface area contributed by atoms with E-state index in [0.717, 1.165) is 24.1 Å². The number of nitrogens with zero attached hydrogens (tertiary/aromatic N) is 1. The number of aryl methyl sites for hydroxylation is 1. The molecule has 1 aromatic rings. The number of carbonyl (C=O) groups is 1. The van der Waals surface area contributed by atoms with Crippen molar-refractivity contribution in [3.05, 3.63) is 23.8 Å². The number of anilines is 1. The van der Waals surface area contributed by atoms with E-state index >= 15 is 0 Å². The quantitative estimate of drug-likeness (QED) is 0.830. The molecule has 0 aliphatic carbocycles. The molecule has 1 atom stereocenters. The summed E-state index contributed by atoms with van der Waals surface area (Å²) in [6.45, 7) is 6.42. The standard InChI is InChI=1S/C15H24N2O2/c1-4-17(15(19)7-5-6-12(3)16)14-10-13(18)9-8-11(14)2/h8-10,12,18H,4-7,16H2,1-3H3. The van der Waals surface area contributed by atoms with Gasteiger partial charge in [0.05, 0.1) is 5.69 Å². The summed E-state index contributed by atoms with van der Waals surface area (Å²) in [6.07, 6.45) is 2.14. The van der Waals surface area contributed by atoms with Gasteiger partial charge in [-0.15, -0.1) is 0 Å². The number of hydrogen-bond acceptors (Lipinski definition) is 3. The van der Waals surface area contributed by atoms with Gasteiger partial charge in [-0.25, -0.2) is 0 Å². The lowest BCUT2D eigenvalue weighted by molar-refractivity contribution is -0.118. The SMILES string of the molecule is CCN(C(=O)CCCC(C)N)c1cc(O)ccc1C. The molecule has 0 fully saturated rings. The molecule has 4 heteroatoms. The van der Waals surface area contributed by atoms with Crippen molar-refractivity contribution in [2.45, 2.75) is 46.1 Å². The number of aromatic hydroxyl groups is 1. The predicted octanol–water partition coefficient (Wildman–Crippen LogP) is 2.57. The highest BCUT2D eigenvalue weighted by molar-refractivity contribution is 5.94. The second kappa shape index (κ2) is 7.14. The molecule has 4 nitrogen and oxygen atoms in total. The van der Waals surface area contributed by atoms with Crippen molar-refractivity contribution in [1.29, 1.82) is 0 Å². The zero-order chi connectivity index (χ0) is 14.4. The van der Waals surface area contributed by atoms with Crippen LogP contribution in [0.2, 0.25) is 0 Å². The molecule has 0 bridgehead atoms. The fourth-order valence-electron chi connectivity index (χ4n) is 2.08. The van der Waals surface area contributed by atoms with Crippen LogP contribution >= 0.6 is 0 Å². The molecule has 106 valence electrons. The van der Waals surface area contributed by atoms with Crippen LogP contribution in [0.5, 0.6) is 5.75 Å². The fraction of sp³-hybridized carbons (Fsp3) is 0.533. The Bertz CT molecular complexity index is 430. The summed E-state index contributed by atoms with van der Waals surface area (Å²) in [5, 5.41) is 9.56. The van der Waals surface area contributed by atoms with E-state index < -0.39 is 0 Å². The van der Waals surface area contributed by atoms with Gasteiger partial charge < -0.3 is 15.7 Å². The molecule has 0 aliphatic rings.